The summed E-state index contributed by atoms with van der Waals surface area (Å²) in [5.74, 6) is -2.48. The average molecular weight is 512 g/mol. The Kier molecular flexibility index (Phi) is 7.53. The number of carbonyl (C=O) groups excluding carboxylic acids is 3. The maximum absolute atomic E-state index is 13.2. The minimum atomic E-state index is -0.849. The fourth-order valence-corrected chi connectivity index (χ4v) is 3.63. The van der Waals surface area contributed by atoms with Crippen molar-refractivity contribution in [1.82, 2.24) is 4.98 Å². The molecule has 0 aliphatic carbocycles. The number of aromatic hydroxyl groups is 1. The second-order valence-electron chi connectivity index (χ2n) is 8.89. The summed E-state index contributed by atoms with van der Waals surface area (Å²) in [7, 11) is 0. The Morgan fingerprint density at radius 2 is 1.05 bits per heavy atom. The Hall–Kier alpha value is -4.98. The molecule has 1 aromatic heterocycles. The summed E-state index contributed by atoms with van der Waals surface area (Å²) in [5, 5.41) is 10.2. The number of hydrogen-bond donors (Lipinski definition) is 1. The first kappa shape index (κ1) is 26.1. The first-order chi connectivity index (χ1) is 18.1. The molecule has 0 unspecified atom stereocenters. The van der Waals surface area contributed by atoms with Gasteiger partial charge in [-0.05, 0) is 92.4 Å². The van der Waals surface area contributed by atoms with Crippen molar-refractivity contribution >= 4 is 17.9 Å². The number of ether oxygens (including phenoxy) is 3. The van der Waals surface area contributed by atoms with Crippen molar-refractivity contribution in [3.8, 4) is 23.0 Å². The molecule has 0 atom stereocenters. The first-order valence-corrected chi connectivity index (χ1v) is 11.7. The van der Waals surface area contributed by atoms with Crippen LogP contribution in [0.15, 0.2) is 73.1 Å². The van der Waals surface area contributed by atoms with Crippen molar-refractivity contribution in [2.75, 3.05) is 0 Å². The topological polar surface area (TPSA) is 112 Å². The molecule has 1 heterocycles. The zero-order valence-electron chi connectivity index (χ0n) is 21.3. The molecule has 4 aromatic rings. The molecule has 0 amide bonds. The summed E-state index contributed by atoms with van der Waals surface area (Å²) in [6, 6.07) is 15.5. The average Bonchev–Trinajstić information content (AvgIpc) is 2.84. The molecule has 38 heavy (non-hydrogen) atoms. The molecule has 0 saturated carbocycles. The summed E-state index contributed by atoms with van der Waals surface area (Å²) in [6.45, 7) is 7.14. The fourth-order valence-electron chi connectivity index (χ4n) is 3.63. The van der Waals surface area contributed by atoms with Crippen LogP contribution in [-0.4, -0.2) is 28.0 Å². The van der Waals surface area contributed by atoms with Crippen LogP contribution in [0.3, 0.4) is 0 Å². The summed E-state index contributed by atoms with van der Waals surface area (Å²) in [4.78, 5) is 42.9. The monoisotopic (exact) mass is 511 g/mol. The predicted molar refractivity (Wildman–Crippen MR) is 139 cm³/mol. The van der Waals surface area contributed by atoms with Crippen LogP contribution < -0.4 is 14.2 Å². The Balaban J connectivity index is 1.61. The maximum Gasteiger partial charge on any atom is 0.347 e. The van der Waals surface area contributed by atoms with E-state index in [4.69, 9.17) is 14.2 Å². The molecule has 8 heteroatoms. The van der Waals surface area contributed by atoms with Gasteiger partial charge in [0, 0.05) is 6.20 Å². The van der Waals surface area contributed by atoms with Crippen LogP contribution in [0.2, 0.25) is 0 Å². The Morgan fingerprint density at radius 3 is 1.58 bits per heavy atom. The minimum absolute atomic E-state index is 0.0188. The predicted octanol–water partition coefficient (Wildman–Crippen LogP) is 5.68. The van der Waals surface area contributed by atoms with E-state index in [1.165, 1.54) is 42.6 Å². The van der Waals surface area contributed by atoms with E-state index in [2.05, 4.69) is 4.98 Å². The molecule has 192 valence electrons. The lowest BCUT2D eigenvalue weighted by Crippen LogP contribution is -2.17. The van der Waals surface area contributed by atoms with Gasteiger partial charge in [-0.1, -0.05) is 18.2 Å². The highest BCUT2D eigenvalue weighted by atomic mass is 16.6. The smallest absolute Gasteiger partial charge is 0.347 e. The van der Waals surface area contributed by atoms with Crippen LogP contribution in [0.5, 0.6) is 23.0 Å². The number of pyridine rings is 1. The maximum atomic E-state index is 13.2. The number of nitrogens with zero attached hydrogens (tertiary/aromatic N) is 1. The van der Waals surface area contributed by atoms with Gasteiger partial charge in [0.05, 0.1) is 6.20 Å². The summed E-state index contributed by atoms with van der Waals surface area (Å²) in [6.07, 6.45) is 3.03. The molecule has 0 radical (unpaired) electrons. The van der Waals surface area contributed by atoms with Crippen molar-refractivity contribution in [2.45, 2.75) is 27.7 Å². The number of phenolic OH excluding ortho intramolecular Hbond substituents is 1. The molecule has 4 rings (SSSR count). The summed E-state index contributed by atoms with van der Waals surface area (Å²) in [5.41, 5.74) is 2.98. The van der Waals surface area contributed by atoms with Crippen molar-refractivity contribution in [3.63, 3.8) is 0 Å². The van der Waals surface area contributed by atoms with Gasteiger partial charge in [0.2, 0.25) is 0 Å². The zero-order chi connectivity index (χ0) is 27.4. The molecule has 0 spiro atoms. The van der Waals surface area contributed by atoms with E-state index in [1.54, 1.807) is 51.2 Å². The number of aryl methyl sites for hydroxylation is 4. The van der Waals surface area contributed by atoms with Crippen LogP contribution >= 0.6 is 0 Å². The molecule has 1 N–H and O–H groups in total. The van der Waals surface area contributed by atoms with Crippen LogP contribution in [0.25, 0.3) is 0 Å². The van der Waals surface area contributed by atoms with E-state index in [9.17, 15) is 19.5 Å². The molecular formula is C30H25NO7. The second kappa shape index (κ2) is 11.0. The van der Waals surface area contributed by atoms with E-state index in [-0.39, 0.29) is 39.7 Å². The van der Waals surface area contributed by atoms with E-state index < -0.39 is 17.9 Å². The van der Waals surface area contributed by atoms with Gasteiger partial charge in [-0.15, -0.1) is 0 Å². The van der Waals surface area contributed by atoms with Gasteiger partial charge in [-0.25, -0.2) is 14.4 Å². The molecule has 0 aliphatic heterocycles. The van der Waals surface area contributed by atoms with Gasteiger partial charge in [-0.2, -0.15) is 0 Å². The van der Waals surface area contributed by atoms with Crippen LogP contribution in [0.1, 0.15) is 53.3 Å². The first-order valence-electron chi connectivity index (χ1n) is 11.7. The molecule has 0 bridgehead atoms. The van der Waals surface area contributed by atoms with E-state index in [1.807, 2.05) is 6.92 Å². The van der Waals surface area contributed by atoms with Crippen molar-refractivity contribution in [1.29, 1.82) is 0 Å². The SMILES string of the molecule is Cc1cncc(OC(=O)c2ccc(C)cc2OC(=O)c2ccc(C)cc2OC(=O)c2ccc(C)cc2O)c1. The second-order valence-corrected chi connectivity index (χ2v) is 8.89. The number of hydrogen-bond acceptors (Lipinski definition) is 8. The van der Waals surface area contributed by atoms with Crippen LogP contribution in [0.4, 0.5) is 0 Å². The van der Waals surface area contributed by atoms with E-state index >= 15 is 0 Å². The number of esters is 3. The number of rotatable bonds is 6. The van der Waals surface area contributed by atoms with Gasteiger partial charge in [0.25, 0.3) is 0 Å². The molecule has 8 nitrogen and oxygen atoms in total. The third kappa shape index (κ3) is 6.04. The number of phenols is 1. The highest BCUT2D eigenvalue weighted by Gasteiger charge is 2.23. The standard InChI is InChI=1S/C30H25NO7/c1-17-5-8-22(25(32)12-17)28(33)37-27-14-19(3)7-10-24(27)30(35)38-26-13-18(2)6-9-23(26)29(34)36-21-11-20(4)15-31-16-21/h5-16,32H,1-4H3. The van der Waals surface area contributed by atoms with Crippen LogP contribution in [0, 0.1) is 27.7 Å². The Labute approximate surface area is 219 Å². The lowest BCUT2D eigenvalue weighted by Gasteiger charge is -2.14. The van der Waals surface area contributed by atoms with E-state index in [0.717, 1.165) is 22.3 Å². The van der Waals surface area contributed by atoms with Crippen molar-refractivity contribution in [2.24, 2.45) is 0 Å². The zero-order valence-corrected chi connectivity index (χ0v) is 21.3. The van der Waals surface area contributed by atoms with E-state index in [0.29, 0.717) is 0 Å². The van der Waals surface area contributed by atoms with Gasteiger partial charge >= 0.3 is 17.9 Å². The molecular weight excluding hydrogens is 486 g/mol. The number of carbonyl (C=O) groups is 3. The normalized spacial score (nSPS) is 10.5. The molecule has 3 aromatic carbocycles. The van der Waals surface area contributed by atoms with Gasteiger partial charge < -0.3 is 19.3 Å². The summed E-state index contributed by atoms with van der Waals surface area (Å²) < 4.78 is 16.5. The highest BCUT2D eigenvalue weighted by molar-refractivity contribution is 6.00. The highest BCUT2D eigenvalue weighted by Crippen LogP contribution is 2.28. The lowest BCUT2D eigenvalue weighted by molar-refractivity contribution is 0.0699. The van der Waals surface area contributed by atoms with Gasteiger partial charge in [0.15, 0.2) is 0 Å². The Bertz CT molecular complexity index is 1560. The molecule has 0 aliphatic rings. The third-order valence-corrected chi connectivity index (χ3v) is 5.55. The number of aromatic nitrogens is 1. The largest absolute Gasteiger partial charge is 0.507 e. The molecule has 0 saturated heterocycles. The Morgan fingerprint density at radius 1 is 0.579 bits per heavy atom. The van der Waals surface area contributed by atoms with Crippen molar-refractivity contribution < 1.29 is 33.7 Å². The lowest BCUT2D eigenvalue weighted by atomic mass is 10.1. The fraction of sp³-hybridized carbons (Fsp3) is 0.133. The number of benzene rings is 3. The van der Waals surface area contributed by atoms with Gasteiger partial charge in [0.1, 0.15) is 39.7 Å². The quantitative estimate of drug-likeness (QED) is 0.260. The molecule has 0 fully saturated rings. The van der Waals surface area contributed by atoms with Crippen LogP contribution in [-0.2, 0) is 0 Å². The van der Waals surface area contributed by atoms with Gasteiger partial charge in [-0.3, -0.25) is 4.98 Å². The minimum Gasteiger partial charge on any atom is -0.507 e. The third-order valence-electron chi connectivity index (χ3n) is 5.55. The van der Waals surface area contributed by atoms with Crippen molar-refractivity contribution in [3.05, 3.63) is 112 Å². The summed E-state index contributed by atoms with van der Waals surface area (Å²) >= 11 is 0.